The normalized spacial score (nSPS) is 20.3. The quantitative estimate of drug-likeness (QED) is 0.158. The first kappa shape index (κ1) is 36.4. The van der Waals surface area contributed by atoms with Gasteiger partial charge in [0, 0.05) is 47.5 Å². The average Bonchev–Trinajstić information content (AvgIpc) is 3.34. The van der Waals surface area contributed by atoms with Crippen molar-refractivity contribution in [2.24, 2.45) is 0 Å². The largest absolute Gasteiger partial charge is 0.744 e. The van der Waals surface area contributed by atoms with E-state index in [-0.39, 0.29) is 16.2 Å². The van der Waals surface area contributed by atoms with Crippen LogP contribution in [0.25, 0.3) is 0 Å². The van der Waals surface area contributed by atoms with E-state index in [0.717, 1.165) is 77.2 Å². The number of rotatable bonds is 11. The van der Waals surface area contributed by atoms with Crippen LogP contribution in [-0.2, 0) is 35.9 Å². The van der Waals surface area contributed by atoms with Crippen molar-refractivity contribution in [3.63, 3.8) is 0 Å². The van der Waals surface area contributed by atoms with Crippen LogP contribution in [0.2, 0.25) is 0 Å². The predicted molar refractivity (Wildman–Crippen MR) is 186 cm³/mol. The maximum absolute atomic E-state index is 11.9. The van der Waals surface area contributed by atoms with Crippen LogP contribution in [0.1, 0.15) is 83.8 Å². The van der Waals surface area contributed by atoms with E-state index >= 15 is 0 Å². The van der Waals surface area contributed by atoms with Crippen LogP contribution >= 0.6 is 0 Å². The minimum Gasteiger partial charge on any atom is -0.744 e. The van der Waals surface area contributed by atoms with Crippen molar-refractivity contribution < 1.29 is 40.4 Å². The van der Waals surface area contributed by atoms with Gasteiger partial charge in [-0.2, -0.15) is 4.58 Å². The van der Waals surface area contributed by atoms with Crippen molar-refractivity contribution in [3.05, 3.63) is 94.7 Å². The predicted octanol–water partition coefficient (Wildman–Crippen LogP) is 6.42. The third-order valence-electron chi connectivity index (χ3n) is 9.93. The number of fused-ring (bicyclic) bond motifs is 2. The van der Waals surface area contributed by atoms with E-state index in [4.69, 9.17) is 5.11 Å². The summed E-state index contributed by atoms with van der Waals surface area (Å²) in [5.41, 5.74) is 6.32. The van der Waals surface area contributed by atoms with Gasteiger partial charge in [0.2, 0.25) is 5.69 Å². The molecule has 2 heterocycles. The zero-order valence-electron chi connectivity index (χ0n) is 28.5. The fraction of sp³-hybridized carbons (Fsp3) is 0.405. The van der Waals surface area contributed by atoms with Crippen molar-refractivity contribution in [2.75, 3.05) is 18.5 Å². The number of carboxylic acids is 1. The molecule has 10 nitrogen and oxygen atoms in total. The molecule has 0 unspecified atom stereocenters. The first-order valence-corrected chi connectivity index (χ1v) is 19.2. The summed E-state index contributed by atoms with van der Waals surface area (Å²) in [6, 6.07) is 9.03. The highest BCUT2D eigenvalue weighted by molar-refractivity contribution is 7.86. The van der Waals surface area contributed by atoms with Gasteiger partial charge in [0.15, 0.2) is 5.71 Å². The first-order chi connectivity index (χ1) is 22.8. The SMILES string of the molecule is C[N+]1=C(C=CC2=CC(=CC=C3N(CCCCCC(=O)O)c4ccc(S(=O)(=O)[O-])cc4C3(C)C)CCC2)C(C)(C)c2cc(S(=O)(=O)[O-])ccc21. The average molecular weight is 708 g/mol. The number of carboxylic acid groups (broad SMARTS) is 1. The molecule has 0 saturated carbocycles. The Morgan fingerprint density at radius 2 is 1.53 bits per heavy atom. The Morgan fingerprint density at radius 1 is 0.878 bits per heavy atom. The molecular formula is C37H43N2O8S2-. The molecule has 0 atom stereocenters. The minimum absolute atomic E-state index is 0.108. The number of benzene rings is 2. The Hall–Kier alpha value is -3.84. The third kappa shape index (κ3) is 7.52. The summed E-state index contributed by atoms with van der Waals surface area (Å²) in [5.74, 6) is -0.823. The molecule has 3 aliphatic rings. The Bertz CT molecular complexity index is 2070. The number of hydrogen-bond donors (Lipinski definition) is 1. The Labute approximate surface area is 289 Å². The van der Waals surface area contributed by atoms with Crippen LogP contribution in [0.5, 0.6) is 0 Å². The maximum Gasteiger partial charge on any atom is 0.303 e. The van der Waals surface area contributed by atoms with Gasteiger partial charge in [-0.15, -0.1) is 0 Å². The van der Waals surface area contributed by atoms with Gasteiger partial charge < -0.3 is 19.1 Å². The topological polar surface area (TPSA) is 158 Å². The number of allylic oxidation sites excluding steroid dienone is 8. The second-order valence-electron chi connectivity index (χ2n) is 14.0. The second kappa shape index (κ2) is 13.5. The first-order valence-electron chi connectivity index (χ1n) is 16.4. The Morgan fingerprint density at radius 3 is 2.18 bits per heavy atom. The zero-order valence-corrected chi connectivity index (χ0v) is 30.2. The van der Waals surface area contributed by atoms with Crippen molar-refractivity contribution in [1.82, 2.24) is 0 Å². The molecular weight excluding hydrogens is 665 g/mol. The van der Waals surface area contributed by atoms with E-state index in [9.17, 15) is 30.7 Å². The van der Waals surface area contributed by atoms with Crippen molar-refractivity contribution in [3.8, 4) is 0 Å². The molecule has 5 rings (SSSR count). The van der Waals surface area contributed by atoms with Gasteiger partial charge in [-0.25, -0.2) is 16.8 Å². The number of hydrogen-bond acceptors (Lipinski definition) is 8. The Kier molecular flexibility index (Phi) is 10.0. The van der Waals surface area contributed by atoms with Crippen molar-refractivity contribution in [1.29, 1.82) is 0 Å². The monoisotopic (exact) mass is 707 g/mol. The fourth-order valence-electron chi connectivity index (χ4n) is 7.26. The second-order valence-corrected chi connectivity index (χ2v) is 16.8. The molecule has 2 aliphatic heterocycles. The van der Waals surface area contributed by atoms with Crippen LogP contribution < -0.4 is 4.90 Å². The van der Waals surface area contributed by atoms with E-state index in [0.29, 0.717) is 13.0 Å². The van der Waals surface area contributed by atoms with Crippen LogP contribution in [0.4, 0.5) is 11.4 Å². The highest BCUT2D eigenvalue weighted by Gasteiger charge is 2.43. The van der Waals surface area contributed by atoms with E-state index in [1.807, 2.05) is 39.3 Å². The summed E-state index contributed by atoms with van der Waals surface area (Å²) in [6.07, 6.45) is 15.4. The van der Waals surface area contributed by atoms with Crippen LogP contribution in [0, 0.1) is 0 Å². The summed E-state index contributed by atoms with van der Waals surface area (Å²) >= 11 is 0. The lowest BCUT2D eigenvalue weighted by Crippen LogP contribution is -2.27. The molecule has 0 bridgehead atoms. The standard InChI is InChI=1S/C37H44N2O8S2/c1-36(2)29-23-27(48(42,43)44)15-17-31(29)38(5)33(36)19-13-25-10-9-11-26(22-25)14-20-34-37(3,4)30-24-28(49(45,46)47)16-18-32(30)39(34)21-8-6-7-12-35(40)41/h13-20,22-24H,6-12,21H2,1-5H3,(H2-,40,41,42,43,44,45,46,47)/p-1. The van der Waals surface area contributed by atoms with E-state index in [1.54, 1.807) is 12.1 Å². The summed E-state index contributed by atoms with van der Waals surface area (Å²) in [4.78, 5) is 12.6. The summed E-state index contributed by atoms with van der Waals surface area (Å²) < 4.78 is 72.7. The lowest BCUT2D eigenvalue weighted by Gasteiger charge is -2.27. The number of unbranched alkanes of at least 4 members (excludes halogenated alkanes) is 2. The molecule has 2 aromatic rings. The Balaban J connectivity index is 1.43. The van der Waals surface area contributed by atoms with Gasteiger partial charge in [0.1, 0.15) is 27.3 Å². The van der Waals surface area contributed by atoms with Gasteiger partial charge in [-0.05, 0) is 99.1 Å². The smallest absolute Gasteiger partial charge is 0.303 e. The lowest BCUT2D eigenvalue weighted by atomic mass is 9.81. The van der Waals surface area contributed by atoms with Crippen molar-refractivity contribution >= 4 is 43.3 Å². The molecule has 49 heavy (non-hydrogen) atoms. The molecule has 0 spiro atoms. The number of aliphatic carboxylic acids is 1. The molecule has 0 aromatic heterocycles. The highest BCUT2D eigenvalue weighted by atomic mass is 32.2. The van der Waals surface area contributed by atoms with Crippen LogP contribution in [0.3, 0.4) is 0 Å². The third-order valence-corrected chi connectivity index (χ3v) is 11.6. The molecule has 0 amide bonds. The molecule has 262 valence electrons. The van der Waals surface area contributed by atoms with Gasteiger partial charge in [-0.1, -0.05) is 38.5 Å². The van der Waals surface area contributed by atoms with E-state index < -0.39 is 37.0 Å². The molecule has 0 saturated heterocycles. The van der Waals surface area contributed by atoms with Crippen LogP contribution in [0.15, 0.2) is 93.4 Å². The molecule has 2 aromatic carbocycles. The summed E-state index contributed by atoms with van der Waals surface area (Å²) in [6.45, 7) is 8.66. The van der Waals surface area contributed by atoms with Gasteiger partial charge in [0.25, 0.3) is 0 Å². The molecule has 0 radical (unpaired) electrons. The molecule has 0 fully saturated rings. The lowest BCUT2D eigenvalue weighted by molar-refractivity contribution is -0.401. The van der Waals surface area contributed by atoms with Gasteiger partial charge in [-0.3, -0.25) is 4.79 Å². The van der Waals surface area contributed by atoms with Crippen LogP contribution in [-0.4, -0.2) is 60.9 Å². The minimum atomic E-state index is -4.63. The number of carbonyl (C=O) groups is 1. The summed E-state index contributed by atoms with van der Waals surface area (Å²) in [7, 11) is -7.28. The van der Waals surface area contributed by atoms with Gasteiger partial charge in [0.05, 0.1) is 15.2 Å². The molecule has 1 aliphatic carbocycles. The highest BCUT2D eigenvalue weighted by Crippen LogP contribution is 2.49. The molecule has 12 heteroatoms. The maximum atomic E-state index is 11.9. The van der Waals surface area contributed by atoms with E-state index in [2.05, 4.69) is 35.3 Å². The van der Waals surface area contributed by atoms with Crippen molar-refractivity contribution in [2.45, 2.75) is 93.3 Å². The summed E-state index contributed by atoms with van der Waals surface area (Å²) in [5, 5.41) is 9.02. The number of nitrogens with zero attached hydrogens (tertiary/aromatic N) is 2. The fourth-order valence-corrected chi connectivity index (χ4v) is 8.25. The van der Waals surface area contributed by atoms with E-state index in [1.165, 1.54) is 24.3 Å². The van der Waals surface area contributed by atoms with Gasteiger partial charge >= 0.3 is 5.97 Å². The number of anilines is 1. The zero-order chi connectivity index (χ0) is 35.9. The molecule has 1 N–H and O–H groups in total.